The Morgan fingerprint density at radius 3 is 2.62 bits per heavy atom. The molecule has 0 aliphatic rings. The van der Waals surface area contributed by atoms with E-state index in [-0.39, 0.29) is 5.78 Å². The van der Waals surface area contributed by atoms with E-state index >= 15 is 0 Å². The molecule has 0 spiro atoms. The van der Waals surface area contributed by atoms with Gasteiger partial charge in [-0.1, -0.05) is 18.2 Å². The summed E-state index contributed by atoms with van der Waals surface area (Å²) in [5, 5.41) is 1.19. The number of aryl methyl sites for hydroxylation is 1. The van der Waals surface area contributed by atoms with Crippen LogP contribution in [0.3, 0.4) is 0 Å². The smallest absolute Gasteiger partial charge is 0.155 e. The first-order valence-corrected chi connectivity index (χ1v) is 5.33. The molecule has 0 radical (unpaired) electrons. The summed E-state index contributed by atoms with van der Waals surface area (Å²) in [6.45, 7) is 3.45. The van der Waals surface area contributed by atoms with Crippen LogP contribution in [0.2, 0.25) is 0 Å². The molecule has 0 amide bonds. The maximum absolute atomic E-state index is 11.2. The summed E-state index contributed by atoms with van der Waals surface area (Å²) in [6.07, 6.45) is 4.00. The molecule has 0 bridgehead atoms. The zero-order chi connectivity index (χ0) is 11.7. The number of carbonyl (C=O) groups is 1. The number of Topliss-reactive ketones (excluding diaryl/α,β-unsaturated/α-hetero) is 1. The van der Waals surface area contributed by atoms with Crippen molar-refractivity contribution in [3.63, 3.8) is 0 Å². The molecule has 0 saturated carbocycles. The van der Waals surface area contributed by atoms with Crippen molar-refractivity contribution in [2.24, 2.45) is 7.05 Å². The topological polar surface area (TPSA) is 22.0 Å². The van der Waals surface area contributed by atoms with Crippen LogP contribution in [-0.4, -0.2) is 10.4 Å². The Bertz CT molecular complexity index is 575. The molecular formula is C14H15NO. The van der Waals surface area contributed by atoms with Gasteiger partial charge in [0.05, 0.1) is 0 Å². The Morgan fingerprint density at radius 2 is 1.94 bits per heavy atom. The molecule has 2 heteroatoms. The lowest BCUT2D eigenvalue weighted by atomic mass is 10.1. The first kappa shape index (κ1) is 10.7. The molecule has 82 valence electrons. The van der Waals surface area contributed by atoms with E-state index in [1.165, 1.54) is 10.9 Å². The summed E-state index contributed by atoms with van der Waals surface area (Å²) in [4.78, 5) is 11.2. The zero-order valence-corrected chi connectivity index (χ0v) is 9.82. The fourth-order valence-corrected chi connectivity index (χ4v) is 1.82. The van der Waals surface area contributed by atoms with Crippen molar-refractivity contribution >= 4 is 22.8 Å². The first-order valence-electron chi connectivity index (χ1n) is 5.33. The molecule has 0 saturated heterocycles. The van der Waals surface area contributed by atoms with Gasteiger partial charge in [-0.25, -0.2) is 0 Å². The standard InChI is InChI=1S/C14H15NO/c1-10(11(2)16)8-12-9-15(3)14-7-5-4-6-13(12)14/h4-9H,1-3H3/b10-8+. The van der Waals surface area contributed by atoms with Crippen LogP contribution in [0.15, 0.2) is 36.0 Å². The summed E-state index contributed by atoms with van der Waals surface area (Å²) in [5.74, 6) is 0.118. The van der Waals surface area contributed by atoms with Crippen molar-refractivity contribution in [3.05, 3.63) is 41.6 Å². The monoisotopic (exact) mass is 213 g/mol. The van der Waals surface area contributed by atoms with Gasteiger partial charge in [0, 0.05) is 29.7 Å². The van der Waals surface area contributed by atoms with E-state index < -0.39 is 0 Å². The Kier molecular flexibility index (Phi) is 2.65. The molecule has 1 heterocycles. The number of hydrogen-bond donors (Lipinski definition) is 0. The fraction of sp³-hybridized carbons (Fsp3) is 0.214. The number of hydrogen-bond acceptors (Lipinski definition) is 1. The molecule has 1 aromatic carbocycles. The highest BCUT2D eigenvalue weighted by atomic mass is 16.1. The summed E-state index contributed by atoms with van der Waals surface area (Å²) < 4.78 is 2.08. The molecule has 0 aliphatic heterocycles. The predicted octanol–water partition coefficient (Wildman–Crippen LogP) is 3.17. The third kappa shape index (κ3) is 1.78. The highest BCUT2D eigenvalue weighted by Crippen LogP contribution is 2.22. The second kappa shape index (κ2) is 3.97. The van der Waals surface area contributed by atoms with Crippen LogP contribution in [-0.2, 0) is 11.8 Å². The molecule has 0 atom stereocenters. The van der Waals surface area contributed by atoms with E-state index in [1.807, 2.05) is 32.2 Å². The number of nitrogens with zero attached hydrogens (tertiary/aromatic N) is 1. The average Bonchev–Trinajstić information content (AvgIpc) is 2.57. The molecular weight excluding hydrogens is 198 g/mol. The number of fused-ring (bicyclic) bond motifs is 1. The van der Waals surface area contributed by atoms with E-state index in [1.54, 1.807) is 6.92 Å². The Balaban J connectivity index is 2.62. The number of para-hydroxylation sites is 1. The lowest BCUT2D eigenvalue weighted by Crippen LogP contribution is -1.90. The zero-order valence-electron chi connectivity index (χ0n) is 9.82. The molecule has 0 unspecified atom stereocenters. The third-order valence-corrected chi connectivity index (χ3v) is 2.86. The summed E-state index contributed by atoms with van der Waals surface area (Å²) in [7, 11) is 2.02. The minimum Gasteiger partial charge on any atom is -0.350 e. The highest BCUT2D eigenvalue weighted by molar-refractivity contribution is 6.00. The van der Waals surface area contributed by atoms with Crippen LogP contribution in [0.1, 0.15) is 19.4 Å². The van der Waals surface area contributed by atoms with Crippen molar-refractivity contribution in [3.8, 4) is 0 Å². The molecule has 0 N–H and O–H groups in total. The summed E-state index contributed by atoms with van der Waals surface area (Å²) >= 11 is 0. The number of carbonyl (C=O) groups excluding carboxylic acids is 1. The average molecular weight is 213 g/mol. The van der Waals surface area contributed by atoms with E-state index in [0.29, 0.717) is 0 Å². The van der Waals surface area contributed by atoms with Gasteiger partial charge < -0.3 is 4.57 Å². The minimum absolute atomic E-state index is 0.118. The normalized spacial score (nSPS) is 12.1. The Hall–Kier alpha value is -1.83. The lowest BCUT2D eigenvalue weighted by molar-refractivity contribution is -0.113. The van der Waals surface area contributed by atoms with Gasteiger partial charge in [0.25, 0.3) is 0 Å². The van der Waals surface area contributed by atoms with Gasteiger partial charge in [-0.05, 0) is 31.6 Å². The first-order chi connectivity index (χ1) is 7.59. The van der Waals surface area contributed by atoms with Gasteiger partial charge in [0.2, 0.25) is 0 Å². The van der Waals surface area contributed by atoms with E-state index in [9.17, 15) is 4.79 Å². The fourth-order valence-electron chi connectivity index (χ4n) is 1.82. The SMILES string of the molecule is CC(=O)/C(C)=C/c1cn(C)c2ccccc12. The maximum atomic E-state index is 11.2. The Morgan fingerprint density at radius 1 is 1.25 bits per heavy atom. The van der Waals surface area contributed by atoms with Crippen molar-refractivity contribution in [2.45, 2.75) is 13.8 Å². The van der Waals surface area contributed by atoms with Gasteiger partial charge in [0.1, 0.15) is 0 Å². The van der Waals surface area contributed by atoms with E-state index in [4.69, 9.17) is 0 Å². The van der Waals surface area contributed by atoms with Crippen molar-refractivity contribution in [1.29, 1.82) is 0 Å². The molecule has 16 heavy (non-hydrogen) atoms. The van der Waals surface area contributed by atoms with Crippen molar-refractivity contribution < 1.29 is 4.79 Å². The van der Waals surface area contributed by atoms with Crippen molar-refractivity contribution in [1.82, 2.24) is 4.57 Å². The van der Waals surface area contributed by atoms with E-state index in [0.717, 1.165) is 11.1 Å². The Labute approximate surface area is 95.2 Å². The van der Waals surface area contributed by atoms with Gasteiger partial charge in [-0.2, -0.15) is 0 Å². The largest absolute Gasteiger partial charge is 0.350 e. The number of allylic oxidation sites excluding steroid dienone is 1. The second-order valence-electron chi connectivity index (χ2n) is 4.10. The van der Waals surface area contributed by atoms with Gasteiger partial charge in [0.15, 0.2) is 5.78 Å². The van der Waals surface area contributed by atoms with Crippen LogP contribution in [0.25, 0.3) is 17.0 Å². The number of aromatic nitrogens is 1. The minimum atomic E-state index is 0.118. The molecule has 2 nitrogen and oxygen atoms in total. The van der Waals surface area contributed by atoms with Crippen LogP contribution in [0.4, 0.5) is 0 Å². The molecule has 2 aromatic rings. The van der Waals surface area contributed by atoms with Gasteiger partial charge in [-0.15, -0.1) is 0 Å². The van der Waals surface area contributed by atoms with Gasteiger partial charge in [-0.3, -0.25) is 4.79 Å². The summed E-state index contributed by atoms with van der Waals surface area (Å²) in [6, 6.07) is 8.20. The maximum Gasteiger partial charge on any atom is 0.155 e. The molecule has 0 fully saturated rings. The van der Waals surface area contributed by atoms with Gasteiger partial charge >= 0.3 is 0 Å². The van der Waals surface area contributed by atoms with Crippen LogP contribution < -0.4 is 0 Å². The molecule has 0 aliphatic carbocycles. The van der Waals surface area contributed by atoms with Crippen molar-refractivity contribution in [2.75, 3.05) is 0 Å². The summed E-state index contributed by atoms with van der Waals surface area (Å²) in [5.41, 5.74) is 3.08. The van der Waals surface area contributed by atoms with Crippen LogP contribution in [0.5, 0.6) is 0 Å². The molecule has 2 rings (SSSR count). The second-order valence-corrected chi connectivity index (χ2v) is 4.10. The predicted molar refractivity (Wildman–Crippen MR) is 67.3 cm³/mol. The quantitative estimate of drug-likeness (QED) is 0.702. The number of ketones is 1. The third-order valence-electron chi connectivity index (χ3n) is 2.86. The number of benzene rings is 1. The number of rotatable bonds is 2. The molecule has 1 aromatic heterocycles. The highest BCUT2D eigenvalue weighted by Gasteiger charge is 2.04. The van der Waals surface area contributed by atoms with Crippen LogP contribution >= 0.6 is 0 Å². The van der Waals surface area contributed by atoms with E-state index in [2.05, 4.69) is 22.9 Å². The van der Waals surface area contributed by atoms with Crippen LogP contribution in [0, 0.1) is 0 Å². The lowest BCUT2D eigenvalue weighted by Gasteiger charge is -1.94.